The number of urea groups is 1. The van der Waals surface area contributed by atoms with Gasteiger partial charge >= 0.3 is 12.0 Å². The predicted molar refractivity (Wildman–Crippen MR) is 82.1 cm³/mol. The van der Waals surface area contributed by atoms with Crippen molar-refractivity contribution in [3.8, 4) is 5.75 Å². The monoisotopic (exact) mass is 321 g/mol. The van der Waals surface area contributed by atoms with Crippen molar-refractivity contribution in [2.75, 3.05) is 32.6 Å². The van der Waals surface area contributed by atoms with Crippen molar-refractivity contribution in [1.29, 1.82) is 0 Å². The average Bonchev–Trinajstić information content (AvgIpc) is 2.57. The van der Waals surface area contributed by atoms with Crippen LogP contribution in [0.2, 0.25) is 0 Å². The van der Waals surface area contributed by atoms with E-state index in [-0.39, 0.29) is 12.3 Å². The summed E-state index contributed by atoms with van der Waals surface area (Å²) in [5.74, 6) is -0.246. The number of methoxy groups -OCH3 is 2. The van der Waals surface area contributed by atoms with E-state index in [1.165, 1.54) is 12.0 Å². The van der Waals surface area contributed by atoms with Gasteiger partial charge in [-0.15, -0.1) is 0 Å². The number of ether oxygens (including phenoxy) is 2. The molecule has 1 fully saturated rings. The van der Waals surface area contributed by atoms with Crippen molar-refractivity contribution in [3.63, 3.8) is 0 Å². The van der Waals surface area contributed by atoms with Gasteiger partial charge in [0.25, 0.3) is 0 Å². The molecule has 2 N–H and O–H groups in total. The van der Waals surface area contributed by atoms with Crippen LogP contribution in [0, 0.1) is 0 Å². The molecule has 124 valence electrons. The number of rotatable bonds is 4. The van der Waals surface area contributed by atoms with Gasteiger partial charge < -0.3 is 25.0 Å². The van der Waals surface area contributed by atoms with E-state index < -0.39 is 18.0 Å². The Bertz CT molecular complexity index is 587. The normalized spacial score (nSPS) is 17.2. The van der Waals surface area contributed by atoms with Gasteiger partial charge in [-0.2, -0.15) is 0 Å². The molecule has 1 heterocycles. The highest BCUT2D eigenvalue weighted by Crippen LogP contribution is 2.17. The summed E-state index contributed by atoms with van der Waals surface area (Å²) in [4.78, 5) is 37.1. The molecule has 0 bridgehead atoms. The molecule has 2 rings (SSSR count). The van der Waals surface area contributed by atoms with Crippen molar-refractivity contribution in [1.82, 2.24) is 10.2 Å². The quantitative estimate of drug-likeness (QED) is 0.791. The summed E-state index contributed by atoms with van der Waals surface area (Å²) in [6.07, 6.45) is -0.182. The van der Waals surface area contributed by atoms with Gasteiger partial charge in [-0.1, -0.05) is 0 Å². The van der Waals surface area contributed by atoms with E-state index in [1.807, 2.05) is 0 Å². The summed E-state index contributed by atoms with van der Waals surface area (Å²) in [6, 6.07) is 5.48. The van der Waals surface area contributed by atoms with Crippen molar-refractivity contribution >= 4 is 23.6 Å². The van der Waals surface area contributed by atoms with E-state index in [1.54, 1.807) is 31.4 Å². The van der Waals surface area contributed by atoms with Crippen molar-refractivity contribution in [2.24, 2.45) is 0 Å². The average molecular weight is 321 g/mol. The van der Waals surface area contributed by atoms with E-state index in [2.05, 4.69) is 15.4 Å². The van der Waals surface area contributed by atoms with E-state index in [0.717, 1.165) is 0 Å². The van der Waals surface area contributed by atoms with Crippen molar-refractivity contribution in [2.45, 2.75) is 12.5 Å². The van der Waals surface area contributed by atoms with Crippen LogP contribution in [0.4, 0.5) is 10.5 Å². The highest BCUT2D eigenvalue weighted by atomic mass is 16.5. The SMILES string of the molecule is COC(=O)C[C@@H]1C(=O)NCCN1C(=O)Nc1ccc(OC)cc1. The molecule has 0 unspecified atom stereocenters. The lowest BCUT2D eigenvalue weighted by molar-refractivity contribution is -0.145. The molecule has 0 radical (unpaired) electrons. The predicted octanol–water partition coefficient (Wildman–Crippen LogP) is 0.591. The van der Waals surface area contributed by atoms with Crippen LogP contribution in [0.1, 0.15) is 6.42 Å². The number of nitrogens with zero attached hydrogens (tertiary/aromatic N) is 1. The first-order valence-corrected chi connectivity index (χ1v) is 7.11. The van der Waals surface area contributed by atoms with Gasteiger partial charge in [0.1, 0.15) is 11.8 Å². The minimum atomic E-state index is -0.880. The number of anilines is 1. The van der Waals surface area contributed by atoms with Crippen molar-refractivity contribution < 1.29 is 23.9 Å². The lowest BCUT2D eigenvalue weighted by atomic mass is 10.1. The van der Waals surface area contributed by atoms with Crippen molar-refractivity contribution in [3.05, 3.63) is 24.3 Å². The van der Waals surface area contributed by atoms with Gasteiger partial charge in [0.05, 0.1) is 20.6 Å². The second-order valence-corrected chi connectivity index (χ2v) is 4.94. The van der Waals surface area contributed by atoms with Crippen LogP contribution in [0.5, 0.6) is 5.75 Å². The molecular formula is C15H19N3O5. The second-order valence-electron chi connectivity index (χ2n) is 4.94. The standard InChI is InChI=1S/C15H19N3O5/c1-22-11-5-3-10(4-6-11)17-15(21)18-8-7-16-14(20)12(18)9-13(19)23-2/h3-6,12H,7-9H2,1-2H3,(H,16,20)(H,17,21)/t12-/m1/s1. The Hall–Kier alpha value is -2.77. The number of carbonyl (C=O) groups excluding carboxylic acids is 3. The summed E-state index contributed by atoms with van der Waals surface area (Å²) < 4.78 is 9.63. The molecule has 1 atom stereocenters. The van der Waals surface area contributed by atoms with Crippen LogP contribution in [0.25, 0.3) is 0 Å². The van der Waals surface area contributed by atoms with Crippen LogP contribution in [-0.4, -0.2) is 56.2 Å². The lowest BCUT2D eigenvalue weighted by Crippen LogP contribution is -2.58. The number of esters is 1. The fourth-order valence-electron chi connectivity index (χ4n) is 2.27. The zero-order valence-corrected chi connectivity index (χ0v) is 13.0. The third kappa shape index (κ3) is 4.12. The van der Waals surface area contributed by atoms with Gasteiger partial charge in [-0.05, 0) is 24.3 Å². The number of hydrogen-bond donors (Lipinski definition) is 2. The second kappa shape index (κ2) is 7.48. The van der Waals surface area contributed by atoms with E-state index >= 15 is 0 Å². The van der Waals surface area contributed by atoms with E-state index in [4.69, 9.17) is 4.74 Å². The Morgan fingerprint density at radius 2 is 2.00 bits per heavy atom. The van der Waals surface area contributed by atoms with Crippen LogP contribution in [-0.2, 0) is 14.3 Å². The van der Waals surface area contributed by atoms with E-state index in [9.17, 15) is 14.4 Å². The number of benzene rings is 1. The topological polar surface area (TPSA) is 97.0 Å². The summed E-state index contributed by atoms with van der Waals surface area (Å²) in [5, 5.41) is 5.34. The van der Waals surface area contributed by atoms with E-state index in [0.29, 0.717) is 24.5 Å². The fraction of sp³-hybridized carbons (Fsp3) is 0.400. The first kappa shape index (κ1) is 16.6. The maximum absolute atomic E-state index is 12.4. The zero-order valence-electron chi connectivity index (χ0n) is 13.0. The van der Waals surface area contributed by atoms with Gasteiger partial charge in [0.15, 0.2) is 0 Å². The van der Waals surface area contributed by atoms with Crippen LogP contribution in [0.3, 0.4) is 0 Å². The van der Waals surface area contributed by atoms with Gasteiger partial charge in [0.2, 0.25) is 5.91 Å². The first-order valence-electron chi connectivity index (χ1n) is 7.11. The third-order valence-corrected chi connectivity index (χ3v) is 3.52. The molecule has 0 spiro atoms. The highest BCUT2D eigenvalue weighted by molar-refractivity contribution is 5.96. The molecule has 1 aromatic rings. The minimum Gasteiger partial charge on any atom is -0.497 e. The molecule has 0 saturated carbocycles. The summed E-state index contributed by atoms with van der Waals surface area (Å²) in [7, 11) is 2.79. The number of amides is 3. The minimum absolute atomic E-state index is 0.182. The molecule has 23 heavy (non-hydrogen) atoms. The molecule has 8 nitrogen and oxygen atoms in total. The van der Waals surface area contributed by atoms with Gasteiger partial charge in [-0.3, -0.25) is 9.59 Å². The molecule has 1 aromatic carbocycles. The Morgan fingerprint density at radius 3 is 2.61 bits per heavy atom. The number of piperazine rings is 1. The maximum Gasteiger partial charge on any atom is 0.322 e. The molecule has 1 aliphatic heterocycles. The Morgan fingerprint density at radius 1 is 1.30 bits per heavy atom. The molecular weight excluding hydrogens is 302 g/mol. The fourth-order valence-corrected chi connectivity index (χ4v) is 2.27. The third-order valence-electron chi connectivity index (χ3n) is 3.52. The first-order chi connectivity index (χ1) is 11.0. The summed E-state index contributed by atoms with van der Waals surface area (Å²) >= 11 is 0. The molecule has 1 aliphatic rings. The molecule has 3 amide bonds. The number of carbonyl (C=O) groups is 3. The molecule has 0 aliphatic carbocycles. The van der Waals surface area contributed by atoms with Crippen LogP contribution < -0.4 is 15.4 Å². The smallest absolute Gasteiger partial charge is 0.322 e. The number of hydrogen-bond acceptors (Lipinski definition) is 5. The Labute approximate surface area is 133 Å². The molecule has 0 aromatic heterocycles. The zero-order chi connectivity index (χ0) is 16.8. The van der Waals surface area contributed by atoms with Gasteiger partial charge in [-0.25, -0.2) is 4.79 Å². The summed E-state index contributed by atoms with van der Waals surface area (Å²) in [5.41, 5.74) is 0.568. The summed E-state index contributed by atoms with van der Waals surface area (Å²) in [6.45, 7) is 0.655. The molecule has 1 saturated heterocycles. The van der Waals surface area contributed by atoms with Gasteiger partial charge in [0, 0.05) is 18.8 Å². The lowest BCUT2D eigenvalue weighted by Gasteiger charge is -2.34. The largest absolute Gasteiger partial charge is 0.497 e. The van der Waals surface area contributed by atoms with Crippen LogP contribution >= 0.6 is 0 Å². The number of nitrogens with one attached hydrogen (secondary N) is 2. The van der Waals surface area contributed by atoms with Crippen LogP contribution in [0.15, 0.2) is 24.3 Å². The maximum atomic E-state index is 12.4. The highest BCUT2D eigenvalue weighted by Gasteiger charge is 2.35. The molecule has 8 heteroatoms. The Balaban J connectivity index is 2.07. The Kier molecular flexibility index (Phi) is 5.40.